The molecule has 0 aliphatic carbocycles. The maximum Gasteiger partial charge on any atom is 2.00 e. The van der Waals surface area contributed by atoms with Crippen LogP contribution in [0.4, 0.5) is 0 Å². The Hall–Kier alpha value is 0.0535. The molecule has 0 N–H and O–H groups in total. The second-order valence-electron chi connectivity index (χ2n) is 2.52. The van der Waals surface area contributed by atoms with Gasteiger partial charge in [0.05, 0.1) is 22.4 Å². The summed E-state index contributed by atoms with van der Waals surface area (Å²) in [6.07, 6.45) is 3.23. The molecule has 2 atom stereocenters. The van der Waals surface area contributed by atoms with Crippen molar-refractivity contribution in [1.29, 1.82) is 0 Å². The quantitative estimate of drug-likeness (QED) is 0.395. The second kappa shape index (κ2) is 13.1. The molecule has 0 radical (unpaired) electrons. The standard InChI is InChI=1S/2C4H4O2S2.C2H4.Ni/c2*5-4(6)3-1-2-7-8-3;1-2;/h2*1-3H,(H,5,6);1-2H2;/q;;;+2/p-2. The summed E-state index contributed by atoms with van der Waals surface area (Å²) in [5.74, 6) is -2.01. The van der Waals surface area contributed by atoms with Crippen LogP contribution in [0.1, 0.15) is 0 Å². The molecule has 4 nitrogen and oxygen atoms in total. The van der Waals surface area contributed by atoms with E-state index in [1.54, 1.807) is 23.0 Å². The molecular formula is C10H10NiO4S4. The molecule has 0 saturated carbocycles. The first-order chi connectivity index (χ1) is 8.61. The van der Waals surface area contributed by atoms with Crippen molar-refractivity contribution in [3.63, 3.8) is 0 Å². The molecule has 2 rings (SSSR count). The molecule has 9 heteroatoms. The fourth-order valence-electron chi connectivity index (χ4n) is 0.691. The Bertz CT molecular complexity index is 316. The average molecular weight is 381 g/mol. The van der Waals surface area contributed by atoms with Crippen molar-refractivity contribution in [1.82, 2.24) is 0 Å². The molecule has 0 aromatic rings. The molecule has 2 aliphatic rings. The first-order valence-electron chi connectivity index (χ1n) is 4.50. The number of rotatable bonds is 2. The van der Waals surface area contributed by atoms with Crippen molar-refractivity contribution in [3.8, 4) is 0 Å². The minimum Gasteiger partial charge on any atom is -0.549 e. The van der Waals surface area contributed by atoms with E-state index < -0.39 is 22.4 Å². The summed E-state index contributed by atoms with van der Waals surface area (Å²) in [5.41, 5.74) is 0. The molecule has 0 saturated heterocycles. The molecule has 0 bridgehead atoms. The number of carboxylic acid groups (broad SMARTS) is 2. The SMILES string of the molecule is C=C.O=C([O-])C1C=CSS1.O=C([O-])C1C=CSS1.[Ni+2]. The van der Waals surface area contributed by atoms with Gasteiger partial charge in [0.2, 0.25) is 0 Å². The first kappa shape index (κ1) is 21.4. The molecule has 0 aromatic carbocycles. The van der Waals surface area contributed by atoms with Crippen LogP contribution < -0.4 is 10.2 Å². The van der Waals surface area contributed by atoms with Gasteiger partial charge in [0.25, 0.3) is 0 Å². The van der Waals surface area contributed by atoms with Crippen LogP contribution in [-0.2, 0) is 26.1 Å². The van der Waals surface area contributed by atoms with Crippen LogP contribution in [0.5, 0.6) is 0 Å². The smallest absolute Gasteiger partial charge is 0.549 e. The van der Waals surface area contributed by atoms with Gasteiger partial charge in [-0.2, -0.15) is 0 Å². The summed E-state index contributed by atoms with van der Waals surface area (Å²) >= 11 is 0. The molecule has 2 heterocycles. The Morgan fingerprint density at radius 3 is 1.32 bits per heavy atom. The van der Waals surface area contributed by atoms with Crippen LogP contribution in [0.3, 0.4) is 0 Å². The fourth-order valence-corrected chi connectivity index (χ4v) is 4.49. The molecule has 19 heavy (non-hydrogen) atoms. The molecule has 2 aliphatic heterocycles. The molecule has 0 fully saturated rings. The van der Waals surface area contributed by atoms with Crippen LogP contribution in [0.25, 0.3) is 0 Å². The third-order valence-electron chi connectivity index (χ3n) is 1.40. The number of aliphatic carboxylic acids is 2. The zero-order valence-corrected chi connectivity index (χ0v) is 13.7. The van der Waals surface area contributed by atoms with E-state index in [9.17, 15) is 19.8 Å². The molecule has 108 valence electrons. The largest absolute Gasteiger partial charge is 2.00 e. The molecule has 2 unspecified atom stereocenters. The number of carboxylic acids is 2. The zero-order valence-electron chi connectivity index (χ0n) is 9.46. The summed E-state index contributed by atoms with van der Waals surface area (Å²) < 4.78 is 0. The van der Waals surface area contributed by atoms with Crippen molar-refractivity contribution in [2.24, 2.45) is 0 Å². The van der Waals surface area contributed by atoms with Gasteiger partial charge in [-0.1, -0.05) is 55.3 Å². The van der Waals surface area contributed by atoms with E-state index in [4.69, 9.17) is 0 Å². The third-order valence-corrected chi connectivity index (χ3v) is 5.85. The second-order valence-corrected chi connectivity index (χ2v) is 7.16. The van der Waals surface area contributed by atoms with Gasteiger partial charge in [0.1, 0.15) is 0 Å². The Kier molecular flexibility index (Phi) is 14.7. The Morgan fingerprint density at radius 2 is 1.21 bits per heavy atom. The zero-order chi connectivity index (χ0) is 14.0. The van der Waals surface area contributed by atoms with Crippen LogP contribution in [0.15, 0.2) is 36.1 Å². The monoisotopic (exact) mass is 380 g/mol. The third kappa shape index (κ3) is 9.57. The molecular weight excluding hydrogens is 371 g/mol. The molecule has 0 amide bonds. The number of carbonyl (C=O) groups is 2. The van der Waals surface area contributed by atoms with E-state index in [1.165, 1.54) is 43.2 Å². The average Bonchev–Trinajstić information content (AvgIpc) is 3.06. The summed E-state index contributed by atoms with van der Waals surface area (Å²) in [6.45, 7) is 6.00. The van der Waals surface area contributed by atoms with Crippen LogP contribution in [0.2, 0.25) is 0 Å². The Morgan fingerprint density at radius 1 is 0.895 bits per heavy atom. The Labute approximate surface area is 137 Å². The van der Waals surface area contributed by atoms with Gasteiger partial charge in [-0.3, -0.25) is 0 Å². The van der Waals surface area contributed by atoms with Crippen molar-refractivity contribution >= 4 is 55.1 Å². The number of hydrogen-bond donors (Lipinski definition) is 0. The first-order valence-corrected chi connectivity index (χ1v) is 9.06. The Balaban J connectivity index is 0. The number of hydrogen-bond acceptors (Lipinski definition) is 8. The molecule has 0 spiro atoms. The van der Waals surface area contributed by atoms with E-state index in [1.807, 2.05) is 0 Å². The van der Waals surface area contributed by atoms with Gasteiger partial charge in [0.15, 0.2) is 0 Å². The van der Waals surface area contributed by atoms with Crippen molar-refractivity contribution < 1.29 is 36.3 Å². The fraction of sp³-hybridized carbons (Fsp3) is 0.200. The summed E-state index contributed by atoms with van der Waals surface area (Å²) in [6, 6.07) is 0. The van der Waals surface area contributed by atoms with Crippen LogP contribution >= 0.6 is 43.2 Å². The summed E-state index contributed by atoms with van der Waals surface area (Å²) in [7, 11) is 5.44. The maximum absolute atomic E-state index is 10.0. The minimum atomic E-state index is -1.00. The number of carbonyl (C=O) groups excluding carboxylic acids is 2. The normalized spacial score (nSPS) is 22.3. The summed E-state index contributed by atoms with van der Waals surface area (Å²) in [5, 5.41) is 22.7. The van der Waals surface area contributed by atoms with E-state index in [2.05, 4.69) is 13.2 Å². The van der Waals surface area contributed by atoms with Crippen molar-refractivity contribution in [2.75, 3.05) is 0 Å². The van der Waals surface area contributed by atoms with Gasteiger partial charge >= 0.3 is 16.5 Å². The van der Waals surface area contributed by atoms with Gasteiger partial charge in [-0.05, 0) is 10.8 Å². The van der Waals surface area contributed by atoms with Gasteiger partial charge in [-0.15, -0.1) is 13.2 Å². The van der Waals surface area contributed by atoms with Gasteiger partial charge < -0.3 is 19.8 Å². The van der Waals surface area contributed by atoms with Gasteiger partial charge in [-0.25, -0.2) is 0 Å². The van der Waals surface area contributed by atoms with Crippen LogP contribution in [-0.4, -0.2) is 22.4 Å². The van der Waals surface area contributed by atoms with Crippen molar-refractivity contribution in [2.45, 2.75) is 10.5 Å². The summed E-state index contributed by atoms with van der Waals surface area (Å²) in [4.78, 5) is 20.0. The van der Waals surface area contributed by atoms with E-state index in [0.717, 1.165) is 0 Å². The maximum atomic E-state index is 10.0. The predicted octanol–water partition coefficient (Wildman–Crippen LogP) is 0.827. The molecule has 0 aromatic heterocycles. The predicted molar refractivity (Wildman–Crippen MR) is 77.5 cm³/mol. The van der Waals surface area contributed by atoms with E-state index in [-0.39, 0.29) is 16.5 Å². The minimum absolute atomic E-state index is 0. The van der Waals surface area contributed by atoms with E-state index >= 15 is 0 Å². The van der Waals surface area contributed by atoms with Crippen molar-refractivity contribution in [3.05, 3.63) is 36.1 Å². The topological polar surface area (TPSA) is 80.3 Å². The van der Waals surface area contributed by atoms with Gasteiger partial charge in [0, 0.05) is 0 Å². The van der Waals surface area contributed by atoms with E-state index in [0.29, 0.717) is 0 Å². The van der Waals surface area contributed by atoms with Crippen LogP contribution in [0, 0.1) is 0 Å².